The zero-order chi connectivity index (χ0) is 13.8. The molecule has 0 bridgehead atoms. The lowest BCUT2D eigenvalue weighted by Crippen LogP contribution is -2.04. The Labute approximate surface area is 114 Å². The van der Waals surface area contributed by atoms with Gasteiger partial charge in [-0.3, -0.25) is 0 Å². The summed E-state index contributed by atoms with van der Waals surface area (Å²) < 4.78 is 10.9. The summed E-state index contributed by atoms with van der Waals surface area (Å²) in [5, 5.41) is 0. The highest BCUT2D eigenvalue weighted by Gasteiger charge is 2.13. The van der Waals surface area contributed by atoms with Gasteiger partial charge in [-0.1, -0.05) is 24.3 Å². The minimum atomic E-state index is 0.000604. The van der Waals surface area contributed by atoms with Gasteiger partial charge in [-0.25, -0.2) is 0 Å². The third kappa shape index (κ3) is 2.71. The van der Waals surface area contributed by atoms with Gasteiger partial charge in [0.25, 0.3) is 0 Å². The summed E-state index contributed by atoms with van der Waals surface area (Å²) in [6.07, 6.45) is 0. The molecule has 3 heteroatoms. The van der Waals surface area contributed by atoms with Crippen molar-refractivity contribution in [3.05, 3.63) is 48.0 Å². The second kappa shape index (κ2) is 5.76. The number of nitrogens with two attached hydrogens (primary N) is 1. The molecule has 0 aliphatic heterocycles. The van der Waals surface area contributed by atoms with E-state index in [1.807, 2.05) is 43.3 Å². The standard InChI is InChI=1S/C16H19NO2/c1-11(17)12-6-4-7-13(10-12)16-14(18-2)8-5-9-15(16)19-3/h4-11H,17H2,1-3H3. The lowest BCUT2D eigenvalue weighted by molar-refractivity contribution is 0.397. The van der Waals surface area contributed by atoms with E-state index in [0.29, 0.717) is 0 Å². The van der Waals surface area contributed by atoms with Crippen LogP contribution in [0, 0.1) is 0 Å². The molecule has 2 N–H and O–H groups in total. The number of methoxy groups -OCH3 is 2. The molecule has 1 atom stereocenters. The van der Waals surface area contributed by atoms with Crippen molar-refractivity contribution in [2.75, 3.05) is 14.2 Å². The normalized spacial score (nSPS) is 12.0. The van der Waals surface area contributed by atoms with Gasteiger partial charge in [0.15, 0.2) is 0 Å². The van der Waals surface area contributed by atoms with Crippen molar-refractivity contribution in [1.29, 1.82) is 0 Å². The molecule has 100 valence electrons. The van der Waals surface area contributed by atoms with Crippen molar-refractivity contribution in [3.8, 4) is 22.6 Å². The van der Waals surface area contributed by atoms with E-state index in [1.54, 1.807) is 14.2 Å². The van der Waals surface area contributed by atoms with E-state index < -0.39 is 0 Å². The van der Waals surface area contributed by atoms with Crippen LogP contribution in [0.4, 0.5) is 0 Å². The number of hydrogen-bond acceptors (Lipinski definition) is 3. The van der Waals surface area contributed by atoms with Gasteiger partial charge < -0.3 is 15.2 Å². The summed E-state index contributed by atoms with van der Waals surface area (Å²) >= 11 is 0. The van der Waals surface area contributed by atoms with Gasteiger partial charge in [0.1, 0.15) is 11.5 Å². The highest BCUT2D eigenvalue weighted by Crippen LogP contribution is 2.38. The van der Waals surface area contributed by atoms with E-state index in [2.05, 4.69) is 6.07 Å². The van der Waals surface area contributed by atoms with Crippen LogP contribution in [0.2, 0.25) is 0 Å². The second-order valence-electron chi connectivity index (χ2n) is 4.45. The maximum Gasteiger partial charge on any atom is 0.130 e. The Hall–Kier alpha value is -2.00. The summed E-state index contributed by atoms with van der Waals surface area (Å²) in [6.45, 7) is 1.97. The maximum absolute atomic E-state index is 5.94. The third-order valence-corrected chi connectivity index (χ3v) is 3.13. The minimum Gasteiger partial charge on any atom is -0.496 e. The number of hydrogen-bond donors (Lipinski definition) is 1. The summed E-state index contributed by atoms with van der Waals surface area (Å²) in [5.41, 5.74) is 9.03. The topological polar surface area (TPSA) is 44.5 Å². The first-order valence-electron chi connectivity index (χ1n) is 6.24. The SMILES string of the molecule is COc1cccc(OC)c1-c1cccc(C(C)N)c1. The van der Waals surface area contributed by atoms with Crippen LogP contribution in [0.3, 0.4) is 0 Å². The van der Waals surface area contributed by atoms with Crippen molar-refractivity contribution in [2.24, 2.45) is 5.73 Å². The van der Waals surface area contributed by atoms with Gasteiger partial charge in [0.2, 0.25) is 0 Å². The van der Waals surface area contributed by atoms with Crippen molar-refractivity contribution >= 4 is 0 Å². The van der Waals surface area contributed by atoms with Gasteiger partial charge in [0, 0.05) is 6.04 Å². The minimum absolute atomic E-state index is 0.000604. The van der Waals surface area contributed by atoms with E-state index in [9.17, 15) is 0 Å². The van der Waals surface area contributed by atoms with Crippen LogP contribution < -0.4 is 15.2 Å². The predicted octanol–water partition coefficient (Wildman–Crippen LogP) is 3.39. The Morgan fingerprint density at radius 2 is 1.53 bits per heavy atom. The van der Waals surface area contributed by atoms with Crippen LogP contribution in [-0.2, 0) is 0 Å². The van der Waals surface area contributed by atoms with Crippen molar-refractivity contribution in [3.63, 3.8) is 0 Å². The maximum atomic E-state index is 5.94. The highest BCUT2D eigenvalue weighted by atomic mass is 16.5. The van der Waals surface area contributed by atoms with Gasteiger partial charge in [0.05, 0.1) is 19.8 Å². The molecule has 0 aromatic heterocycles. The largest absolute Gasteiger partial charge is 0.496 e. The zero-order valence-electron chi connectivity index (χ0n) is 11.5. The average molecular weight is 257 g/mol. The Morgan fingerprint density at radius 3 is 2.05 bits per heavy atom. The van der Waals surface area contributed by atoms with E-state index >= 15 is 0 Å². The molecule has 0 saturated carbocycles. The zero-order valence-corrected chi connectivity index (χ0v) is 11.5. The molecule has 0 spiro atoms. The molecule has 0 radical (unpaired) electrons. The van der Waals surface area contributed by atoms with E-state index in [1.165, 1.54) is 0 Å². The molecule has 2 aromatic carbocycles. The molecule has 0 heterocycles. The van der Waals surface area contributed by atoms with Crippen LogP contribution in [0.15, 0.2) is 42.5 Å². The predicted molar refractivity (Wildman–Crippen MR) is 77.6 cm³/mol. The fourth-order valence-electron chi connectivity index (χ4n) is 2.11. The molecular weight excluding hydrogens is 238 g/mol. The van der Waals surface area contributed by atoms with Gasteiger partial charge in [-0.2, -0.15) is 0 Å². The first kappa shape index (κ1) is 13.4. The number of ether oxygens (including phenoxy) is 2. The lowest BCUT2D eigenvalue weighted by Gasteiger charge is -2.14. The Kier molecular flexibility index (Phi) is 4.07. The monoisotopic (exact) mass is 257 g/mol. The van der Waals surface area contributed by atoms with Crippen LogP contribution in [0.1, 0.15) is 18.5 Å². The van der Waals surface area contributed by atoms with Crippen LogP contribution >= 0.6 is 0 Å². The van der Waals surface area contributed by atoms with Crippen LogP contribution in [0.25, 0.3) is 11.1 Å². The smallest absolute Gasteiger partial charge is 0.130 e. The molecular formula is C16H19NO2. The van der Waals surface area contributed by atoms with Crippen molar-refractivity contribution < 1.29 is 9.47 Å². The first-order valence-corrected chi connectivity index (χ1v) is 6.24. The van der Waals surface area contributed by atoms with Crippen molar-refractivity contribution in [2.45, 2.75) is 13.0 Å². The average Bonchev–Trinajstić information content (AvgIpc) is 2.46. The fraction of sp³-hybridized carbons (Fsp3) is 0.250. The lowest BCUT2D eigenvalue weighted by atomic mass is 9.99. The Bertz CT molecular complexity index is 542. The van der Waals surface area contributed by atoms with Crippen LogP contribution in [0.5, 0.6) is 11.5 Å². The number of benzene rings is 2. The molecule has 2 aromatic rings. The number of rotatable bonds is 4. The molecule has 3 nitrogen and oxygen atoms in total. The molecule has 0 saturated heterocycles. The fourth-order valence-corrected chi connectivity index (χ4v) is 2.11. The molecule has 0 fully saturated rings. The van der Waals surface area contributed by atoms with Gasteiger partial charge in [-0.05, 0) is 36.2 Å². The summed E-state index contributed by atoms with van der Waals surface area (Å²) in [4.78, 5) is 0. The second-order valence-corrected chi connectivity index (χ2v) is 4.45. The van der Waals surface area contributed by atoms with Crippen LogP contribution in [-0.4, -0.2) is 14.2 Å². The molecule has 0 aliphatic carbocycles. The van der Waals surface area contributed by atoms with E-state index in [0.717, 1.165) is 28.2 Å². The third-order valence-electron chi connectivity index (χ3n) is 3.13. The molecule has 19 heavy (non-hydrogen) atoms. The van der Waals surface area contributed by atoms with E-state index in [-0.39, 0.29) is 6.04 Å². The Balaban J connectivity index is 2.60. The summed E-state index contributed by atoms with van der Waals surface area (Å²) in [7, 11) is 3.32. The van der Waals surface area contributed by atoms with Crippen molar-refractivity contribution in [1.82, 2.24) is 0 Å². The first-order chi connectivity index (χ1) is 9.17. The quantitative estimate of drug-likeness (QED) is 0.913. The molecule has 0 amide bonds. The summed E-state index contributed by atoms with van der Waals surface area (Å²) in [5.74, 6) is 1.59. The summed E-state index contributed by atoms with van der Waals surface area (Å²) in [6, 6.07) is 13.9. The van der Waals surface area contributed by atoms with Gasteiger partial charge >= 0.3 is 0 Å². The Morgan fingerprint density at radius 1 is 0.947 bits per heavy atom. The van der Waals surface area contributed by atoms with E-state index in [4.69, 9.17) is 15.2 Å². The molecule has 0 aliphatic rings. The highest BCUT2D eigenvalue weighted by molar-refractivity contribution is 5.77. The molecule has 2 rings (SSSR count). The molecule has 1 unspecified atom stereocenters. The van der Waals surface area contributed by atoms with Gasteiger partial charge in [-0.15, -0.1) is 0 Å².